The molecule has 2 aromatic heterocycles. The van der Waals surface area contributed by atoms with Crippen LogP contribution in [0, 0.1) is 13.8 Å². The first-order valence-electron chi connectivity index (χ1n) is 8.33. The Morgan fingerprint density at radius 3 is 2.96 bits per heavy atom. The van der Waals surface area contributed by atoms with Crippen molar-refractivity contribution in [2.45, 2.75) is 32.7 Å². The van der Waals surface area contributed by atoms with Gasteiger partial charge in [0.05, 0.1) is 11.4 Å². The topological polar surface area (TPSA) is 103 Å². The minimum atomic E-state index is -0.268. The third kappa shape index (κ3) is 4.14. The zero-order valence-corrected chi connectivity index (χ0v) is 14.4. The second-order valence-electron chi connectivity index (χ2n) is 6.21. The fourth-order valence-corrected chi connectivity index (χ4v) is 3.02. The molecule has 0 aliphatic carbocycles. The molecule has 0 unspecified atom stereocenters. The summed E-state index contributed by atoms with van der Waals surface area (Å²) in [4.78, 5) is 37.2. The number of H-pyrrole nitrogens is 1. The number of aryl methyl sites for hydroxylation is 2. The van der Waals surface area contributed by atoms with Crippen molar-refractivity contribution in [3.05, 3.63) is 46.3 Å². The van der Waals surface area contributed by atoms with Crippen LogP contribution in [0.3, 0.4) is 0 Å². The van der Waals surface area contributed by atoms with E-state index >= 15 is 0 Å². The number of nitrogens with one attached hydrogen (secondary N) is 3. The first kappa shape index (κ1) is 16.9. The first-order chi connectivity index (χ1) is 12.0. The van der Waals surface area contributed by atoms with Gasteiger partial charge in [0.25, 0.3) is 5.56 Å². The Bertz CT molecular complexity index is 819. The number of pyridine rings is 1. The summed E-state index contributed by atoms with van der Waals surface area (Å²) in [6, 6.07) is 3.39. The van der Waals surface area contributed by atoms with Gasteiger partial charge in [0.1, 0.15) is 0 Å². The van der Waals surface area contributed by atoms with Crippen LogP contribution in [-0.2, 0) is 0 Å². The normalized spacial score (nSPS) is 17.2. The Morgan fingerprint density at radius 1 is 1.36 bits per heavy atom. The molecule has 1 fully saturated rings. The van der Waals surface area contributed by atoms with E-state index in [4.69, 9.17) is 0 Å². The van der Waals surface area contributed by atoms with Gasteiger partial charge in [0.15, 0.2) is 5.82 Å². The number of amides is 2. The number of carbonyl (C=O) groups excluding carboxylic acids is 1. The Morgan fingerprint density at radius 2 is 2.20 bits per heavy atom. The molecule has 1 aliphatic heterocycles. The molecule has 0 bridgehead atoms. The van der Waals surface area contributed by atoms with Crippen LogP contribution in [0.25, 0.3) is 0 Å². The second kappa shape index (κ2) is 7.33. The van der Waals surface area contributed by atoms with Crippen molar-refractivity contribution < 1.29 is 4.79 Å². The van der Waals surface area contributed by atoms with E-state index in [1.54, 1.807) is 6.20 Å². The third-order valence-corrected chi connectivity index (χ3v) is 4.22. The molecule has 3 rings (SSSR count). The molecule has 2 amide bonds. The number of anilines is 2. The highest BCUT2D eigenvalue weighted by Gasteiger charge is 2.24. The molecular weight excluding hydrogens is 320 g/mol. The predicted molar refractivity (Wildman–Crippen MR) is 96.0 cm³/mol. The molecular formula is C17H22N6O2. The van der Waals surface area contributed by atoms with Crippen molar-refractivity contribution in [1.29, 1.82) is 0 Å². The molecule has 8 nitrogen and oxygen atoms in total. The molecule has 0 saturated carbocycles. The van der Waals surface area contributed by atoms with Gasteiger partial charge in [-0.25, -0.2) is 9.78 Å². The van der Waals surface area contributed by atoms with Gasteiger partial charge in [-0.1, -0.05) is 0 Å². The van der Waals surface area contributed by atoms with E-state index in [0.29, 0.717) is 18.1 Å². The van der Waals surface area contributed by atoms with Crippen LogP contribution in [0.2, 0.25) is 0 Å². The van der Waals surface area contributed by atoms with Crippen molar-refractivity contribution in [3.63, 3.8) is 0 Å². The van der Waals surface area contributed by atoms with Crippen molar-refractivity contribution in [3.8, 4) is 0 Å². The summed E-state index contributed by atoms with van der Waals surface area (Å²) in [5.41, 5.74) is 2.17. The smallest absolute Gasteiger partial charge is 0.319 e. The van der Waals surface area contributed by atoms with E-state index in [-0.39, 0.29) is 17.6 Å². The van der Waals surface area contributed by atoms with Gasteiger partial charge < -0.3 is 20.5 Å². The van der Waals surface area contributed by atoms with Gasteiger partial charge >= 0.3 is 6.03 Å². The molecule has 0 aromatic carbocycles. The number of hydrogen-bond acceptors (Lipinski definition) is 5. The number of aromatic amines is 1. The molecule has 8 heteroatoms. The van der Waals surface area contributed by atoms with Gasteiger partial charge in [-0.3, -0.25) is 9.78 Å². The number of urea groups is 1. The molecule has 132 valence electrons. The number of aromatic nitrogens is 3. The average Bonchev–Trinajstić information content (AvgIpc) is 2.58. The number of piperidine rings is 1. The molecule has 3 N–H and O–H groups in total. The Balaban J connectivity index is 1.61. The lowest BCUT2D eigenvalue weighted by molar-refractivity contribution is 0.246. The lowest BCUT2D eigenvalue weighted by atomic mass is 10.1. The van der Waals surface area contributed by atoms with Gasteiger partial charge in [-0.15, -0.1) is 0 Å². The van der Waals surface area contributed by atoms with Crippen LogP contribution >= 0.6 is 0 Å². The maximum Gasteiger partial charge on any atom is 0.319 e. The van der Waals surface area contributed by atoms with E-state index in [0.717, 1.165) is 30.8 Å². The van der Waals surface area contributed by atoms with Crippen molar-refractivity contribution in [2.75, 3.05) is 23.3 Å². The highest BCUT2D eigenvalue weighted by molar-refractivity contribution is 5.90. The Hall–Kier alpha value is -2.90. The van der Waals surface area contributed by atoms with Crippen LogP contribution in [0.5, 0.6) is 0 Å². The monoisotopic (exact) mass is 342 g/mol. The maximum absolute atomic E-state index is 12.3. The summed E-state index contributed by atoms with van der Waals surface area (Å²) in [6.45, 7) is 5.07. The molecule has 1 saturated heterocycles. The standard InChI is InChI=1S/C17H22N6O2/c1-11-5-6-14(12(2)20-11)22-17(25)21-13-4-3-9-23(10-13)15-16(24)19-8-7-18-15/h5-8,13H,3-4,9-10H2,1-2H3,(H,19,24)(H2,21,22,25)/t13-/m1/s1. The molecule has 2 aromatic rings. The fraction of sp³-hybridized carbons (Fsp3) is 0.412. The summed E-state index contributed by atoms with van der Waals surface area (Å²) in [5.74, 6) is 0.396. The highest BCUT2D eigenvalue weighted by atomic mass is 16.2. The fourth-order valence-electron chi connectivity index (χ4n) is 3.02. The average molecular weight is 342 g/mol. The van der Waals surface area contributed by atoms with Gasteiger partial charge in [-0.2, -0.15) is 0 Å². The lowest BCUT2D eigenvalue weighted by Gasteiger charge is -2.33. The van der Waals surface area contributed by atoms with Crippen LogP contribution < -0.4 is 21.1 Å². The number of nitrogens with zero attached hydrogens (tertiary/aromatic N) is 3. The minimum absolute atomic E-state index is 0.0473. The summed E-state index contributed by atoms with van der Waals surface area (Å²) in [6.07, 6.45) is 4.82. The van der Waals surface area contributed by atoms with E-state index < -0.39 is 0 Å². The number of hydrogen-bond donors (Lipinski definition) is 3. The zero-order valence-electron chi connectivity index (χ0n) is 14.4. The summed E-state index contributed by atoms with van der Waals surface area (Å²) in [5, 5.41) is 5.80. The first-order valence-corrected chi connectivity index (χ1v) is 8.33. The molecule has 0 radical (unpaired) electrons. The summed E-state index contributed by atoms with van der Waals surface area (Å²) < 4.78 is 0. The summed E-state index contributed by atoms with van der Waals surface area (Å²) >= 11 is 0. The zero-order chi connectivity index (χ0) is 17.8. The molecule has 1 aliphatic rings. The number of carbonyl (C=O) groups is 1. The quantitative estimate of drug-likeness (QED) is 0.786. The molecule has 0 spiro atoms. The lowest BCUT2D eigenvalue weighted by Crippen LogP contribution is -2.50. The van der Waals surface area contributed by atoms with Gasteiger partial charge in [0, 0.05) is 37.2 Å². The SMILES string of the molecule is Cc1ccc(NC(=O)N[C@@H]2CCCN(c3ncc[nH]c3=O)C2)c(C)n1. The second-order valence-corrected chi connectivity index (χ2v) is 6.21. The van der Waals surface area contributed by atoms with Crippen molar-refractivity contribution in [1.82, 2.24) is 20.3 Å². The van der Waals surface area contributed by atoms with Crippen LogP contribution in [0.4, 0.5) is 16.3 Å². The third-order valence-electron chi connectivity index (χ3n) is 4.22. The summed E-state index contributed by atoms with van der Waals surface area (Å²) in [7, 11) is 0. The maximum atomic E-state index is 12.3. The van der Waals surface area contributed by atoms with Crippen molar-refractivity contribution in [2.24, 2.45) is 0 Å². The number of rotatable bonds is 3. The predicted octanol–water partition coefficient (Wildman–Crippen LogP) is 1.57. The van der Waals surface area contributed by atoms with E-state index in [1.165, 1.54) is 6.20 Å². The van der Waals surface area contributed by atoms with E-state index in [1.807, 2.05) is 30.9 Å². The van der Waals surface area contributed by atoms with Crippen LogP contribution in [0.1, 0.15) is 24.2 Å². The van der Waals surface area contributed by atoms with Gasteiger partial charge in [-0.05, 0) is 38.8 Å². The van der Waals surface area contributed by atoms with Crippen LogP contribution in [0.15, 0.2) is 29.3 Å². The molecule has 1 atom stereocenters. The molecule has 3 heterocycles. The Kier molecular flexibility index (Phi) is 4.97. The minimum Gasteiger partial charge on any atom is -0.350 e. The highest BCUT2D eigenvalue weighted by Crippen LogP contribution is 2.15. The van der Waals surface area contributed by atoms with Crippen molar-refractivity contribution >= 4 is 17.5 Å². The molecule has 25 heavy (non-hydrogen) atoms. The van der Waals surface area contributed by atoms with Crippen LogP contribution in [-0.4, -0.2) is 40.1 Å². The largest absolute Gasteiger partial charge is 0.350 e. The van der Waals surface area contributed by atoms with E-state index in [9.17, 15) is 9.59 Å². The van der Waals surface area contributed by atoms with Gasteiger partial charge in [0.2, 0.25) is 0 Å². The van der Waals surface area contributed by atoms with E-state index in [2.05, 4.69) is 25.6 Å². The Labute approximate surface area is 145 Å².